The van der Waals surface area contributed by atoms with Crippen LogP contribution in [0.25, 0.3) is 6.08 Å². The molecule has 0 aliphatic rings. The van der Waals surface area contributed by atoms with E-state index in [0.717, 1.165) is 0 Å². The van der Waals surface area contributed by atoms with E-state index < -0.39 is 0 Å². The van der Waals surface area contributed by atoms with Crippen LogP contribution in [0.3, 0.4) is 0 Å². The average molecular weight is 195 g/mol. The van der Waals surface area contributed by atoms with Gasteiger partial charge in [0.25, 0.3) is 0 Å². The summed E-state index contributed by atoms with van der Waals surface area (Å²) in [6.45, 7) is 10.2. The van der Waals surface area contributed by atoms with E-state index in [9.17, 15) is 0 Å². The second-order valence-electron chi connectivity index (χ2n) is 3.34. The van der Waals surface area contributed by atoms with Gasteiger partial charge in [-0.1, -0.05) is 18.7 Å². The second kappa shape index (κ2) is 3.97. The molecule has 0 radical (unpaired) electrons. The normalized spacial score (nSPS) is 10.2. The molecule has 0 aromatic heterocycles. The smallest absolute Gasteiger partial charge is 0.0477 e. The van der Waals surface area contributed by atoms with Crippen LogP contribution in [0.1, 0.15) is 27.8 Å². The zero-order chi connectivity index (χ0) is 10.0. The summed E-state index contributed by atoms with van der Waals surface area (Å²) in [5, 5.41) is 0. The first-order valence-electron chi connectivity index (χ1n) is 4.40. The maximum Gasteiger partial charge on any atom is 0.0477 e. The Hall–Kier alpha value is -0.750. The monoisotopic (exact) mass is 194 g/mol. The SMILES string of the molecule is C=Cc1cc(CCl)c(C)c(C)c1C. The van der Waals surface area contributed by atoms with Crippen molar-refractivity contribution in [2.24, 2.45) is 0 Å². The molecule has 0 saturated heterocycles. The molecule has 0 saturated carbocycles. The van der Waals surface area contributed by atoms with Gasteiger partial charge in [-0.25, -0.2) is 0 Å². The minimum absolute atomic E-state index is 0.577. The Kier molecular flexibility index (Phi) is 3.16. The Morgan fingerprint density at radius 2 is 1.85 bits per heavy atom. The third kappa shape index (κ3) is 1.78. The van der Waals surface area contributed by atoms with E-state index in [1.807, 2.05) is 6.08 Å². The van der Waals surface area contributed by atoms with Gasteiger partial charge in [0, 0.05) is 5.88 Å². The topological polar surface area (TPSA) is 0 Å². The summed E-state index contributed by atoms with van der Waals surface area (Å²) in [7, 11) is 0. The third-order valence-electron chi connectivity index (χ3n) is 2.73. The minimum Gasteiger partial charge on any atom is -0.122 e. The predicted molar refractivity (Wildman–Crippen MR) is 60.3 cm³/mol. The van der Waals surface area contributed by atoms with E-state index in [1.165, 1.54) is 27.8 Å². The van der Waals surface area contributed by atoms with Crippen LogP contribution in [0.4, 0.5) is 0 Å². The predicted octanol–water partition coefficient (Wildman–Crippen LogP) is 3.99. The average Bonchev–Trinajstić information content (AvgIpc) is 2.15. The van der Waals surface area contributed by atoms with Crippen molar-refractivity contribution in [2.45, 2.75) is 26.7 Å². The lowest BCUT2D eigenvalue weighted by atomic mass is 9.95. The molecule has 0 unspecified atom stereocenters. The van der Waals surface area contributed by atoms with Gasteiger partial charge in [0.05, 0.1) is 0 Å². The fourth-order valence-corrected chi connectivity index (χ4v) is 1.77. The highest BCUT2D eigenvalue weighted by Gasteiger charge is 2.06. The summed E-state index contributed by atoms with van der Waals surface area (Å²) in [5.41, 5.74) is 6.34. The molecule has 0 aliphatic carbocycles. The molecule has 70 valence electrons. The van der Waals surface area contributed by atoms with Crippen LogP contribution in [0.2, 0.25) is 0 Å². The first kappa shape index (κ1) is 10.3. The van der Waals surface area contributed by atoms with Crippen molar-refractivity contribution in [1.29, 1.82) is 0 Å². The highest BCUT2D eigenvalue weighted by molar-refractivity contribution is 6.17. The van der Waals surface area contributed by atoms with Crippen LogP contribution >= 0.6 is 11.6 Å². The van der Waals surface area contributed by atoms with Crippen LogP contribution in [-0.2, 0) is 5.88 Å². The van der Waals surface area contributed by atoms with E-state index in [2.05, 4.69) is 33.4 Å². The van der Waals surface area contributed by atoms with Crippen LogP contribution in [0.15, 0.2) is 12.6 Å². The van der Waals surface area contributed by atoms with Gasteiger partial charge < -0.3 is 0 Å². The molecule has 0 N–H and O–H groups in total. The summed E-state index contributed by atoms with van der Waals surface area (Å²) >= 11 is 5.85. The van der Waals surface area contributed by atoms with Gasteiger partial charge in [0.2, 0.25) is 0 Å². The summed E-state index contributed by atoms with van der Waals surface area (Å²) < 4.78 is 0. The highest BCUT2D eigenvalue weighted by Crippen LogP contribution is 2.23. The molecular weight excluding hydrogens is 180 g/mol. The first-order chi connectivity index (χ1) is 6.11. The molecule has 0 atom stereocenters. The molecular formula is C12H15Cl. The number of rotatable bonds is 2. The zero-order valence-electron chi connectivity index (χ0n) is 8.45. The van der Waals surface area contributed by atoms with Crippen LogP contribution in [0.5, 0.6) is 0 Å². The van der Waals surface area contributed by atoms with Crippen molar-refractivity contribution in [2.75, 3.05) is 0 Å². The van der Waals surface area contributed by atoms with Gasteiger partial charge in [0.15, 0.2) is 0 Å². The van der Waals surface area contributed by atoms with Crippen LogP contribution in [-0.4, -0.2) is 0 Å². The van der Waals surface area contributed by atoms with E-state index in [4.69, 9.17) is 11.6 Å². The van der Waals surface area contributed by atoms with Crippen molar-refractivity contribution in [1.82, 2.24) is 0 Å². The Morgan fingerprint density at radius 3 is 2.31 bits per heavy atom. The van der Waals surface area contributed by atoms with Crippen LogP contribution in [0, 0.1) is 20.8 Å². The first-order valence-corrected chi connectivity index (χ1v) is 4.93. The summed E-state index contributed by atoms with van der Waals surface area (Å²) in [6, 6.07) is 2.12. The van der Waals surface area contributed by atoms with Crippen LogP contribution < -0.4 is 0 Å². The molecule has 0 aliphatic heterocycles. The lowest BCUT2D eigenvalue weighted by molar-refractivity contribution is 1.19. The zero-order valence-corrected chi connectivity index (χ0v) is 9.20. The number of hydrogen-bond donors (Lipinski definition) is 0. The summed E-state index contributed by atoms with van der Waals surface area (Å²) in [4.78, 5) is 0. The van der Waals surface area contributed by atoms with Crippen molar-refractivity contribution < 1.29 is 0 Å². The lowest BCUT2D eigenvalue weighted by Crippen LogP contribution is -1.95. The standard InChI is InChI=1S/C12H15Cl/c1-5-11-6-12(7-13)10(4)8(2)9(11)3/h5-6H,1,7H2,2-4H3. The molecule has 0 spiro atoms. The number of halogens is 1. The maximum atomic E-state index is 5.85. The van der Waals surface area contributed by atoms with Gasteiger partial charge >= 0.3 is 0 Å². The van der Waals surface area contributed by atoms with Crippen molar-refractivity contribution in [3.05, 3.63) is 40.5 Å². The fourth-order valence-electron chi connectivity index (χ4n) is 1.49. The van der Waals surface area contributed by atoms with Crippen molar-refractivity contribution in [3.8, 4) is 0 Å². The Balaban J connectivity index is 3.45. The Bertz CT molecular complexity index is 337. The van der Waals surface area contributed by atoms with Gasteiger partial charge in [-0.3, -0.25) is 0 Å². The van der Waals surface area contributed by atoms with Gasteiger partial charge in [-0.15, -0.1) is 11.6 Å². The molecule has 1 rings (SSSR count). The van der Waals surface area contributed by atoms with Gasteiger partial charge in [0.1, 0.15) is 0 Å². The molecule has 0 bridgehead atoms. The molecule has 1 aromatic rings. The molecule has 1 aromatic carbocycles. The fraction of sp³-hybridized carbons (Fsp3) is 0.333. The summed E-state index contributed by atoms with van der Waals surface area (Å²) in [5.74, 6) is 0.577. The van der Waals surface area contributed by atoms with Gasteiger partial charge in [-0.2, -0.15) is 0 Å². The largest absolute Gasteiger partial charge is 0.122 e. The number of alkyl halides is 1. The van der Waals surface area contributed by atoms with E-state index in [0.29, 0.717) is 5.88 Å². The third-order valence-corrected chi connectivity index (χ3v) is 3.02. The highest BCUT2D eigenvalue weighted by atomic mass is 35.5. The lowest BCUT2D eigenvalue weighted by Gasteiger charge is -2.12. The maximum absolute atomic E-state index is 5.85. The summed E-state index contributed by atoms with van der Waals surface area (Å²) in [6.07, 6.45) is 1.89. The van der Waals surface area contributed by atoms with E-state index >= 15 is 0 Å². The van der Waals surface area contributed by atoms with Gasteiger partial charge in [-0.05, 0) is 48.6 Å². The minimum atomic E-state index is 0.577. The molecule has 0 fully saturated rings. The molecule has 0 amide bonds. The van der Waals surface area contributed by atoms with Crippen molar-refractivity contribution in [3.63, 3.8) is 0 Å². The number of hydrogen-bond acceptors (Lipinski definition) is 0. The second-order valence-corrected chi connectivity index (χ2v) is 3.60. The molecule has 1 heteroatoms. The van der Waals surface area contributed by atoms with E-state index in [1.54, 1.807) is 0 Å². The van der Waals surface area contributed by atoms with Crippen molar-refractivity contribution >= 4 is 17.7 Å². The Labute approximate surface area is 85.2 Å². The quantitative estimate of drug-likeness (QED) is 0.625. The molecule has 0 heterocycles. The Morgan fingerprint density at radius 1 is 1.23 bits per heavy atom. The number of benzene rings is 1. The molecule has 0 nitrogen and oxygen atoms in total. The van der Waals surface area contributed by atoms with E-state index in [-0.39, 0.29) is 0 Å². The molecule has 13 heavy (non-hydrogen) atoms.